The molecule has 7 nitrogen and oxygen atoms in total. The standard InChI is InChI=1S/C21H29F3N2O5/c1-18(2,3)30-16(27)25-20(11-26(12-20)17(28)31-19(4,5)6)14-9-8-13(29-7)10-15(14)21(22,23)24/h8-10H,11-12H2,1-7H3,(H,25,27). The van der Waals surface area contributed by atoms with Crippen molar-refractivity contribution in [3.8, 4) is 5.75 Å². The quantitative estimate of drug-likeness (QED) is 0.729. The second-order valence-corrected chi connectivity index (χ2v) is 9.45. The van der Waals surface area contributed by atoms with Crippen LogP contribution in [0, 0.1) is 0 Å². The molecule has 1 N–H and O–H groups in total. The molecule has 0 saturated carbocycles. The molecule has 1 aliphatic rings. The van der Waals surface area contributed by atoms with E-state index < -0.39 is 40.7 Å². The third kappa shape index (κ3) is 6.18. The molecular formula is C21H29F3N2O5. The van der Waals surface area contributed by atoms with E-state index in [4.69, 9.17) is 14.2 Å². The van der Waals surface area contributed by atoms with Crippen molar-refractivity contribution in [2.45, 2.75) is 64.5 Å². The van der Waals surface area contributed by atoms with Gasteiger partial charge in [-0.25, -0.2) is 9.59 Å². The first kappa shape index (κ1) is 24.6. The van der Waals surface area contributed by atoms with Crippen molar-refractivity contribution >= 4 is 12.2 Å². The average Bonchev–Trinajstić information content (AvgIpc) is 2.53. The van der Waals surface area contributed by atoms with Gasteiger partial charge in [-0.3, -0.25) is 0 Å². The first-order chi connectivity index (χ1) is 14.0. The smallest absolute Gasteiger partial charge is 0.416 e. The molecule has 1 fully saturated rings. The minimum atomic E-state index is -4.71. The highest BCUT2D eigenvalue weighted by Gasteiger charge is 2.53. The average molecular weight is 446 g/mol. The summed E-state index contributed by atoms with van der Waals surface area (Å²) >= 11 is 0. The Labute approximate surface area is 179 Å². The van der Waals surface area contributed by atoms with E-state index in [1.807, 2.05) is 0 Å². The van der Waals surface area contributed by atoms with Crippen molar-refractivity contribution in [3.63, 3.8) is 0 Å². The van der Waals surface area contributed by atoms with Gasteiger partial charge in [0.25, 0.3) is 0 Å². The highest BCUT2D eigenvalue weighted by atomic mass is 19.4. The van der Waals surface area contributed by atoms with Crippen LogP contribution in [0.5, 0.6) is 5.75 Å². The third-order valence-electron chi connectivity index (χ3n) is 4.36. The Morgan fingerprint density at radius 3 is 2.00 bits per heavy atom. The van der Waals surface area contributed by atoms with E-state index >= 15 is 0 Å². The van der Waals surface area contributed by atoms with Crippen molar-refractivity contribution in [2.75, 3.05) is 20.2 Å². The van der Waals surface area contributed by atoms with Crippen LogP contribution in [0.1, 0.15) is 52.7 Å². The minimum Gasteiger partial charge on any atom is -0.497 e. The Morgan fingerprint density at radius 2 is 1.55 bits per heavy atom. The number of amides is 2. The summed E-state index contributed by atoms with van der Waals surface area (Å²) in [7, 11) is 1.26. The van der Waals surface area contributed by atoms with Gasteiger partial charge in [0.1, 0.15) is 22.5 Å². The molecule has 1 saturated heterocycles. The van der Waals surface area contributed by atoms with Crippen molar-refractivity contribution in [1.82, 2.24) is 10.2 Å². The highest BCUT2D eigenvalue weighted by molar-refractivity contribution is 5.74. The fourth-order valence-corrected chi connectivity index (χ4v) is 3.18. The Balaban J connectivity index is 2.44. The number of carbonyl (C=O) groups is 2. The number of likely N-dealkylation sites (tertiary alicyclic amines) is 1. The second-order valence-electron chi connectivity index (χ2n) is 9.45. The van der Waals surface area contributed by atoms with Crippen LogP contribution >= 0.6 is 0 Å². The lowest BCUT2D eigenvalue weighted by molar-refractivity contribution is -0.140. The molecule has 174 valence electrons. The van der Waals surface area contributed by atoms with Crippen LogP contribution in [0.25, 0.3) is 0 Å². The molecule has 1 heterocycles. The lowest BCUT2D eigenvalue weighted by Crippen LogP contribution is -2.70. The monoisotopic (exact) mass is 446 g/mol. The van der Waals surface area contributed by atoms with Gasteiger partial charge in [-0.1, -0.05) is 6.07 Å². The van der Waals surface area contributed by atoms with Crippen molar-refractivity contribution in [1.29, 1.82) is 0 Å². The van der Waals surface area contributed by atoms with Crippen LogP contribution in [-0.4, -0.2) is 48.5 Å². The summed E-state index contributed by atoms with van der Waals surface area (Å²) in [5.41, 5.74) is -4.29. The molecular weight excluding hydrogens is 417 g/mol. The molecule has 0 spiro atoms. The highest BCUT2D eigenvalue weighted by Crippen LogP contribution is 2.43. The fourth-order valence-electron chi connectivity index (χ4n) is 3.18. The number of hydrogen-bond donors (Lipinski definition) is 1. The second kappa shape index (κ2) is 8.12. The molecule has 0 radical (unpaired) electrons. The van der Waals surface area contributed by atoms with E-state index in [1.165, 1.54) is 24.1 Å². The number of ether oxygens (including phenoxy) is 3. The number of nitrogens with one attached hydrogen (secondary N) is 1. The molecule has 0 atom stereocenters. The Kier molecular flexibility index (Phi) is 6.45. The molecule has 1 aromatic rings. The molecule has 2 rings (SSSR count). The summed E-state index contributed by atoms with van der Waals surface area (Å²) in [6, 6.07) is 3.48. The minimum absolute atomic E-state index is 0.0202. The third-order valence-corrected chi connectivity index (χ3v) is 4.36. The van der Waals surface area contributed by atoms with Gasteiger partial charge in [-0.2, -0.15) is 13.2 Å². The van der Waals surface area contributed by atoms with Crippen LogP contribution in [0.15, 0.2) is 18.2 Å². The van der Waals surface area contributed by atoms with E-state index in [9.17, 15) is 22.8 Å². The molecule has 0 aromatic heterocycles. The SMILES string of the molecule is COc1ccc(C2(NC(=O)OC(C)(C)C)CN(C(=O)OC(C)(C)C)C2)c(C(F)(F)F)c1. The van der Waals surface area contributed by atoms with Crippen LogP contribution in [0.2, 0.25) is 0 Å². The van der Waals surface area contributed by atoms with E-state index in [-0.39, 0.29) is 24.4 Å². The van der Waals surface area contributed by atoms with Gasteiger partial charge in [-0.05, 0) is 59.2 Å². The number of methoxy groups -OCH3 is 1. The van der Waals surface area contributed by atoms with Crippen LogP contribution in [0.4, 0.5) is 22.8 Å². The molecule has 0 unspecified atom stereocenters. The maximum atomic E-state index is 13.8. The van der Waals surface area contributed by atoms with E-state index in [0.717, 1.165) is 6.07 Å². The Bertz CT molecular complexity index is 835. The molecule has 31 heavy (non-hydrogen) atoms. The van der Waals surface area contributed by atoms with E-state index in [1.54, 1.807) is 41.5 Å². The maximum Gasteiger partial charge on any atom is 0.416 e. The zero-order valence-electron chi connectivity index (χ0n) is 18.8. The Morgan fingerprint density at radius 1 is 1.00 bits per heavy atom. The van der Waals surface area contributed by atoms with Gasteiger partial charge >= 0.3 is 18.4 Å². The Hall–Kier alpha value is -2.65. The van der Waals surface area contributed by atoms with Crippen LogP contribution < -0.4 is 10.1 Å². The van der Waals surface area contributed by atoms with Gasteiger partial charge in [0.15, 0.2) is 0 Å². The summed E-state index contributed by atoms with van der Waals surface area (Å²) in [6.45, 7) is 9.55. The fraction of sp³-hybridized carbons (Fsp3) is 0.619. The number of carbonyl (C=O) groups excluding carboxylic acids is 2. The normalized spacial score (nSPS) is 16.3. The van der Waals surface area contributed by atoms with Crippen molar-refractivity contribution in [2.24, 2.45) is 0 Å². The molecule has 1 aliphatic heterocycles. The predicted molar refractivity (Wildman–Crippen MR) is 107 cm³/mol. The summed E-state index contributed by atoms with van der Waals surface area (Å²) in [4.78, 5) is 26.1. The van der Waals surface area contributed by atoms with Crippen molar-refractivity contribution < 1.29 is 37.0 Å². The number of benzene rings is 1. The molecule has 2 amide bonds. The first-order valence-corrected chi connectivity index (χ1v) is 9.71. The van der Waals surface area contributed by atoms with Gasteiger partial charge in [0.2, 0.25) is 0 Å². The van der Waals surface area contributed by atoms with E-state index in [0.29, 0.717) is 0 Å². The van der Waals surface area contributed by atoms with Gasteiger partial charge in [0, 0.05) is 0 Å². The van der Waals surface area contributed by atoms with Crippen LogP contribution in [-0.2, 0) is 21.2 Å². The summed E-state index contributed by atoms with van der Waals surface area (Å²) in [5, 5.41) is 2.55. The van der Waals surface area contributed by atoms with Gasteiger partial charge in [0.05, 0.1) is 25.8 Å². The number of alkyl halides is 3. The lowest BCUT2D eigenvalue weighted by atomic mass is 9.79. The van der Waals surface area contributed by atoms with Crippen molar-refractivity contribution in [3.05, 3.63) is 29.3 Å². The van der Waals surface area contributed by atoms with E-state index in [2.05, 4.69) is 5.32 Å². The van der Waals surface area contributed by atoms with Crippen LogP contribution in [0.3, 0.4) is 0 Å². The molecule has 10 heteroatoms. The topological polar surface area (TPSA) is 77.1 Å². The summed E-state index contributed by atoms with van der Waals surface area (Å²) in [5.74, 6) is 0.0202. The zero-order valence-corrected chi connectivity index (χ0v) is 18.8. The number of hydrogen-bond acceptors (Lipinski definition) is 5. The number of halogens is 3. The maximum absolute atomic E-state index is 13.8. The number of nitrogens with zero attached hydrogens (tertiary/aromatic N) is 1. The lowest BCUT2D eigenvalue weighted by Gasteiger charge is -2.50. The summed E-state index contributed by atoms with van der Waals surface area (Å²) < 4.78 is 57.0. The first-order valence-electron chi connectivity index (χ1n) is 9.71. The predicted octanol–water partition coefficient (Wildman–Crippen LogP) is 4.68. The van der Waals surface area contributed by atoms with Gasteiger partial charge < -0.3 is 24.4 Å². The summed E-state index contributed by atoms with van der Waals surface area (Å²) in [6.07, 6.45) is -6.28. The molecule has 0 aliphatic carbocycles. The molecule has 1 aromatic carbocycles. The number of rotatable bonds is 3. The largest absolute Gasteiger partial charge is 0.497 e. The zero-order chi connectivity index (χ0) is 23.8. The van der Waals surface area contributed by atoms with Gasteiger partial charge in [-0.15, -0.1) is 0 Å². The number of alkyl carbamates (subject to hydrolysis) is 1. The molecule has 0 bridgehead atoms.